The van der Waals surface area contributed by atoms with Crippen LogP contribution in [-0.4, -0.2) is 47.9 Å². The molecule has 1 spiro atoms. The lowest BCUT2D eigenvalue weighted by Gasteiger charge is -2.32. The molecule has 1 amide bonds. The zero-order chi connectivity index (χ0) is 20.3. The van der Waals surface area contributed by atoms with Gasteiger partial charge in [0.2, 0.25) is 5.76 Å². The van der Waals surface area contributed by atoms with Gasteiger partial charge in [0, 0.05) is 18.7 Å². The van der Waals surface area contributed by atoms with Crippen LogP contribution in [0.2, 0.25) is 0 Å². The second-order valence-electron chi connectivity index (χ2n) is 7.22. The fourth-order valence-corrected chi connectivity index (χ4v) is 5.07. The Hall–Kier alpha value is -2.20. The van der Waals surface area contributed by atoms with Crippen molar-refractivity contribution in [2.75, 3.05) is 20.1 Å². The second kappa shape index (κ2) is 6.41. The fourth-order valence-electron chi connectivity index (χ4n) is 4.06. The van der Waals surface area contributed by atoms with Crippen molar-refractivity contribution in [3.63, 3.8) is 0 Å². The van der Waals surface area contributed by atoms with Crippen LogP contribution in [0.15, 0.2) is 16.7 Å². The van der Waals surface area contributed by atoms with Crippen molar-refractivity contribution in [3.8, 4) is 10.6 Å². The molecule has 2 aromatic rings. The number of amides is 1. The lowest BCUT2D eigenvalue weighted by atomic mass is 9.93. The maximum atomic E-state index is 12.9. The highest BCUT2D eigenvalue weighted by molar-refractivity contribution is 7.17. The molecule has 1 saturated heterocycles. The monoisotopic (exact) mass is 413 g/mol. The number of Topliss-reactive ketones (excluding diaryl/α,β-unsaturated/α-hetero) is 1. The van der Waals surface area contributed by atoms with Gasteiger partial charge in [-0.3, -0.25) is 9.59 Å². The lowest BCUT2D eigenvalue weighted by Crippen LogP contribution is -2.43. The summed E-state index contributed by atoms with van der Waals surface area (Å²) in [5, 5.41) is 6.54. The molecular weight excluding hydrogens is 395 g/mol. The molecule has 28 heavy (non-hydrogen) atoms. The third kappa shape index (κ3) is 2.86. The molecule has 0 aromatic carbocycles. The number of halogens is 3. The third-order valence-electron chi connectivity index (χ3n) is 5.55. The number of thiophene rings is 1. The molecule has 1 aliphatic heterocycles. The van der Waals surface area contributed by atoms with Crippen LogP contribution in [0.5, 0.6) is 0 Å². The Morgan fingerprint density at radius 2 is 2.18 bits per heavy atom. The summed E-state index contributed by atoms with van der Waals surface area (Å²) in [6, 6.07) is 2.94. The number of aromatic nitrogens is 1. The first kappa shape index (κ1) is 19.1. The van der Waals surface area contributed by atoms with Crippen molar-refractivity contribution in [1.82, 2.24) is 15.4 Å². The number of hydrogen-bond acceptors (Lipinski definition) is 6. The molecule has 0 bridgehead atoms. The molecule has 4 rings (SSSR count). The van der Waals surface area contributed by atoms with E-state index in [2.05, 4.69) is 15.0 Å². The van der Waals surface area contributed by atoms with E-state index in [9.17, 15) is 22.8 Å². The zero-order valence-corrected chi connectivity index (χ0v) is 16.0. The Balaban J connectivity index is 1.54. The first-order valence-corrected chi connectivity index (χ1v) is 9.65. The first-order chi connectivity index (χ1) is 13.2. The van der Waals surface area contributed by atoms with Gasteiger partial charge in [-0.1, -0.05) is 5.16 Å². The number of carbonyl (C=O) groups is 2. The standard InChI is InChI=1S/C18H18F3N3O3S/c1-9-12(23-27-15(9)18(19,20)21)10-4-5-11(28-10)16(26)24-7-3-6-17(8-24)13(22-2)14(17)25/h4-5,13,22H,3,6-8H2,1-2H3/t13?,17-/m1/s1. The van der Waals surface area contributed by atoms with Crippen LogP contribution in [0.4, 0.5) is 13.2 Å². The molecule has 150 valence electrons. The van der Waals surface area contributed by atoms with E-state index in [1.807, 2.05) is 0 Å². The maximum Gasteiger partial charge on any atom is 0.452 e. The normalized spacial score (nSPS) is 24.8. The average Bonchev–Trinajstić information content (AvgIpc) is 3.06. The Morgan fingerprint density at radius 3 is 2.79 bits per heavy atom. The van der Waals surface area contributed by atoms with Crippen LogP contribution in [-0.2, 0) is 11.0 Å². The van der Waals surface area contributed by atoms with E-state index in [4.69, 9.17) is 0 Å². The van der Waals surface area contributed by atoms with Crippen LogP contribution in [0.3, 0.4) is 0 Å². The number of nitrogens with zero attached hydrogens (tertiary/aromatic N) is 2. The molecule has 3 heterocycles. The highest BCUT2D eigenvalue weighted by atomic mass is 32.1. The van der Waals surface area contributed by atoms with E-state index in [1.165, 1.54) is 6.92 Å². The number of piperidine rings is 1. The summed E-state index contributed by atoms with van der Waals surface area (Å²) < 4.78 is 43.2. The number of nitrogens with one attached hydrogen (secondary N) is 1. The minimum absolute atomic E-state index is 0.0825. The van der Waals surface area contributed by atoms with Crippen LogP contribution in [0.1, 0.15) is 33.8 Å². The van der Waals surface area contributed by atoms with Gasteiger partial charge in [0.25, 0.3) is 5.91 Å². The first-order valence-electron chi connectivity index (χ1n) is 8.83. The lowest BCUT2D eigenvalue weighted by molar-refractivity contribution is -0.156. The Kier molecular flexibility index (Phi) is 4.38. The van der Waals surface area contributed by atoms with Gasteiger partial charge in [-0.2, -0.15) is 13.2 Å². The zero-order valence-electron chi connectivity index (χ0n) is 15.2. The molecule has 6 nitrogen and oxygen atoms in total. The molecule has 1 aliphatic carbocycles. The fraction of sp³-hybridized carbons (Fsp3) is 0.500. The maximum absolute atomic E-state index is 12.9. The second-order valence-corrected chi connectivity index (χ2v) is 8.30. The largest absolute Gasteiger partial charge is 0.452 e. The molecule has 1 saturated carbocycles. The molecular formula is C18H18F3N3O3S. The average molecular weight is 413 g/mol. The van der Waals surface area contributed by atoms with E-state index in [0.29, 0.717) is 22.8 Å². The number of likely N-dealkylation sites (tertiary alicyclic amines) is 1. The molecule has 2 aliphatic rings. The molecule has 1 N–H and O–H groups in total. The summed E-state index contributed by atoms with van der Waals surface area (Å²) in [7, 11) is 1.74. The van der Waals surface area contributed by atoms with Crippen molar-refractivity contribution in [2.24, 2.45) is 5.41 Å². The Morgan fingerprint density at radius 1 is 1.43 bits per heavy atom. The summed E-state index contributed by atoms with van der Waals surface area (Å²) in [4.78, 5) is 27.5. The summed E-state index contributed by atoms with van der Waals surface area (Å²) in [5.74, 6) is -1.22. The number of rotatable bonds is 3. The molecule has 0 radical (unpaired) electrons. The van der Waals surface area contributed by atoms with Crippen molar-refractivity contribution < 1.29 is 27.3 Å². The van der Waals surface area contributed by atoms with E-state index in [0.717, 1.165) is 24.2 Å². The number of carbonyl (C=O) groups excluding carboxylic acids is 2. The van der Waals surface area contributed by atoms with E-state index < -0.39 is 17.4 Å². The van der Waals surface area contributed by atoms with Gasteiger partial charge in [-0.25, -0.2) is 0 Å². The van der Waals surface area contributed by atoms with E-state index in [1.54, 1.807) is 24.1 Å². The number of alkyl halides is 3. The van der Waals surface area contributed by atoms with Crippen molar-refractivity contribution in [1.29, 1.82) is 0 Å². The molecule has 10 heteroatoms. The predicted octanol–water partition coefficient (Wildman–Crippen LogP) is 3.12. The van der Waals surface area contributed by atoms with Crippen molar-refractivity contribution in [3.05, 3.63) is 28.3 Å². The van der Waals surface area contributed by atoms with Crippen molar-refractivity contribution >= 4 is 23.0 Å². The van der Waals surface area contributed by atoms with E-state index >= 15 is 0 Å². The molecule has 1 unspecified atom stereocenters. The van der Waals surface area contributed by atoms with Crippen LogP contribution in [0.25, 0.3) is 10.6 Å². The minimum Gasteiger partial charge on any atom is -0.351 e. The summed E-state index contributed by atoms with van der Waals surface area (Å²) >= 11 is 1.07. The van der Waals surface area contributed by atoms with Gasteiger partial charge in [0.05, 0.1) is 21.2 Å². The van der Waals surface area contributed by atoms with Crippen molar-refractivity contribution in [2.45, 2.75) is 32.0 Å². The number of ketones is 1. The van der Waals surface area contributed by atoms with Gasteiger partial charge >= 0.3 is 6.18 Å². The summed E-state index contributed by atoms with van der Waals surface area (Å²) in [6.07, 6.45) is -3.12. The Labute approximate surface area is 162 Å². The van der Waals surface area contributed by atoms with Crippen LogP contribution in [0, 0.1) is 12.3 Å². The Bertz CT molecular complexity index is 952. The smallest absolute Gasteiger partial charge is 0.351 e. The summed E-state index contributed by atoms with van der Waals surface area (Å²) in [5.41, 5.74) is -0.516. The van der Waals surface area contributed by atoms with Gasteiger partial charge in [-0.15, -0.1) is 11.3 Å². The third-order valence-corrected chi connectivity index (χ3v) is 6.63. The van der Waals surface area contributed by atoms with Crippen LogP contribution < -0.4 is 5.32 Å². The highest BCUT2D eigenvalue weighted by Gasteiger charge is 2.65. The SMILES string of the molecule is CNC1C(=O)[C@@]12CCCN(C(=O)c1ccc(-c3noc(C(F)(F)F)c3C)s1)C2. The minimum atomic E-state index is -4.62. The van der Waals surface area contributed by atoms with Gasteiger partial charge in [-0.05, 0) is 38.9 Å². The predicted molar refractivity (Wildman–Crippen MR) is 95.0 cm³/mol. The number of likely N-dealkylation sites (N-methyl/N-ethyl adjacent to an activating group) is 1. The quantitative estimate of drug-likeness (QED) is 0.837. The summed E-state index contributed by atoms with van der Waals surface area (Å²) in [6.45, 7) is 2.21. The number of hydrogen-bond donors (Lipinski definition) is 1. The van der Waals surface area contributed by atoms with E-state index in [-0.39, 0.29) is 29.0 Å². The highest BCUT2D eigenvalue weighted by Crippen LogP contribution is 2.48. The molecule has 2 fully saturated rings. The molecule has 2 atom stereocenters. The topological polar surface area (TPSA) is 75.4 Å². The molecule has 2 aromatic heterocycles. The van der Waals surface area contributed by atoms with Gasteiger partial charge in [0.1, 0.15) is 5.69 Å². The van der Waals surface area contributed by atoms with Gasteiger partial charge in [0.15, 0.2) is 5.78 Å². The van der Waals surface area contributed by atoms with Crippen LogP contribution >= 0.6 is 11.3 Å². The van der Waals surface area contributed by atoms with Gasteiger partial charge < -0.3 is 14.7 Å².